The van der Waals surface area contributed by atoms with Crippen LogP contribution >= 0.6 is 0 Å². The van der Waals surface area contributed by atoms with Gasteiger partial charge in [-0.25, -0.2) is 9.13 Å². The van der Waals surface area contributed by atoms with Crippen LogP contribution < -0.4 is 4.57 Å². The van der Waals surface area contributed by atoms with Gasteiger partial charge in [-0.15, -0.1) is 0 Å². The van der Waals surface area contributed by atoms with E-state index in [0.29, 0.717) is 0 Å². The number of hydrogen-bond acceptors (Lipinski definition) is 0. The van der Waals surface area contributed by atoms with Crippen LogP contribution in [-0.4, -0.2) is 4.57 Å². The second kappa shape index (κ2) is 16.4. The van der Waals surface area contributed by atoms with Gasteiger partial charge in [0.25, 0.3) is 5.82 Å². The molecule has 0 atom stereocenters. The first kappa shape index (κ1) is 23.2. The summed E-state index contributed by atoms with van der Waals surface area (Å²) in [6, 6.07) is 0. The Morgan fingerprint density at radius 1 is 0.654 bits per heavy atom. The van der Waals surface area contributed by atoms with Gasteiger partial charge in [0.2, 0.25) is 0 Å². The van der Waals surface area contributed by atoms with E-state index in [1.54, 1.807) is 0 Å². The zero-order chi connectivity index (χ0) is 18.9. The van der Waals surface area contributed by atoms with Gasteiger partial charge in [-0.05, 0) is 19.3 Å². The van der Waals surface area contributed by atoms with Gasteiger partial charge >= 0.3 is 0 Å². The van der Waals surface area contributed by atoms with Crippen molar-refractivity contribution in [2.45, 2.75) is 137 Å². The molecule has 0 aliphatic heterocycles. The number of hydrogen-bond donors (Lipinski definition) is 0. The van der Waals surface area contributed by atoms with E-state index in [4.69, 9.17) is 0 Å². The van der Waals surface area contributed by atoms with E-state index in [2.05, 4.69) is 42.3 Å². The van der Waals surface area contributed by atoms with Crippen molar-refractivity contribution in [2.75, 3.05) is 0 Å². The van der Waals surface area contributed by atoms with Crippen molar-refractivity contribution in [3.63, 3.8) is 0 Å². The van der Waals surface area contributed by atoms with E-state index in [-0.39, 0.29) is 0 Å². The molecule has 0 spiro atoms. The van der Waals surface area contributed by atoms with E-state index in [1.165, 1.54) is 115 Å². The summed E-state index contributed by atoms with van der Waals surface area (Å²) in [6.45, 7) is 9.14. The van der Waals surface area contributed by atoms with E-state index in [1.807, 2.05) is 0 Å². The second-order valence-corrected chi connectivity index (χ2v) is 8.18. The van der Waals surface area contributed by atoms with Crippen LogP contribution in [0.5, 0.6) is 0 Å². The molecule has 2 nitrogen and oxygen atoms in total. The summed E-state index contributed by atoms with van der Waals surface area (Å²) < 4.78 is 4.81. The summed E-state index contributed by atoms with van der Waals surface area (Å²) in [5, 5.41) is 0. The fourth-order valence-electron chi connectivity index (χ4n) is 3.91. The van der Waals surface area contributed by atoms with Crippen LogP contribution in [-0.2, 0) is 13.1 Å². The van der Waals surface area contributed by atoms with Crippen LogP contribution in [0.1, 0.15) is 122 Å². The SMILES string of the molecule is CCCCCCCCCCCCCCCCCn1cc[n+](CCC)c1C. The highest BCUT2D eigenvalue weighted by Gasteiger charge is 2.10. The molecule has 1 rings (SSSR count). The molecule has 0 aliphatic carbocycles. The number of aromatic nitrogens is 2. The highest BCUT2D eigenvalue weighted by molar-refractivity contribution is 4.79. The normalized spacial score (nSPS) is 11.3. The molecule has 1 heterocycles. The molecule has 152 valence electrons. The predicted molar refractivity (Wildman–Crippen MR) is 115 cm³/mol. The Kier molecular flexibility index (Phi) is 14.7. The molecule has 0 bridgehead atoms. The van der Waals surface area contributed by atoms with E-state index in [0.717, 1.165) is 6.54 Å². The van der Waals surface area contributed by atoms with Crippen molar-refractivity contribution in [3.05, 3.63) is 18.2 Å². The zero-order valence-electron chi connectivity index (χ0n) is 18.3. The van der Waals surface area contributed by atoms with Crippen LogP contribution in [0.4, 0.5) is 0 Å². The molecule has 2 heteroatoms. The van der Waals surface area contributed by atoms with Gasteiger partial charge in [0, 0.05) is 6.92 Å². The van der Waals surface area contributed by atoms with Gasteiger partial charge in [0.15, 0.2) is 0 Å². The summed E-state index contributed by atoms with van der Waals surface area (Å²) in [4.78, 5) is 0. The molecule has 0 fully saturated rings. The molecule has 26 heavy (non-hydrogen) atoms. The average Bonchev–Trinajstić information content (AvgIpc) is 2.99. The number of nitrogens with zero attached hydrogens (tertiary/aromatic N) is 2. The van der Waals surface area contributed by atoms with E-state index >= 15 is 0 Å². The van der Waals surface area contributed by atoms with Crippen molar-refractivity contribution in [1.29, 1.82) is 0 Å². The van der Waals surface area contributed by atoms with Crippen LogP contribution in [0.15, 0.2) is 12.4 Å². The molecule has 0 amide bonds. The summed E-state index contributed by atoms with van der Waals surface area (Å²) in [5.41, 5.74) is 0. The lowest BCUT2D eigenvalue weighted by Gasteiger charge is -2.03. The Morgan fingerprint density at radius 3 is 1.58 bits per heavy atom. The molecule has 0 saturated carbocycles. The maximum atomic E-state index is 2.43. The van der Waals surface area contributed by atoms with Crippen LogP contribution in [0, 0.1) is 6.92 Å². The highest BCUT2D eigenvalue weighted by Crippen LogP contribution is 2.13. The van der Waals surface area contributed by atoms with Crippen molar-refractivity contribution in [1.82, 2.24) is 4.57 Å². The Morgan fingerprint density at radius 2 is 1.12 bits per heavy atom. The van der Waals surface area contributed by atoms with Gasteiger partial charge in [0.05, 0.1) is 13.1 Å². The number of aryl methyl sites for hydroxylation is 2. The fourth-order valence-corrected chi connectivity index (χ4v) is 3.91. The third-order valence-corrected chi connectivity index (χ3v) is 5.72. The summed E-state index contributed by atoms with van der Waals surface area (Å²) in [5.74, 6) is 1.41. The lowest BCUT2D eigenvalue weighted by molar-refractivity contribution is -0.702. The molecule has 0 radical (unpaired) electrons. The van der Waals surface area contributed by atoms with Gasteiger partial charge in [-0.1, -0.05) is 97.3 Å². The standard InChI is InChI=1S/C24H47N2/c1-4-6-7-8-9-10-11-12-13-14-15-16-17-18-19-21-26-23-22-25(20-5-2)24(26)3/h22-23H,4-21H2,1-3H3/q+1. The lowest BCUT2D eigenvalue weighted by atomic mass is 10.0. The molecule has 0 unspecified atom stereocenters. The Balaban J connectivity index is 1.84. The first-order valence-electron chi connectivity index (χ1n) is 11.8. The maximum absolute atomic E-state index is 2.43. The van der Waals surface area contributed by atoms with Gasteiger partial charge in [0.1, 0.15) is 12.4 Å². The molecule has 0 aromatic carbocycles. The van der Waals surface area contributed by atoms with E-state index in [9.17, 15) is 0 Å². The highest BCUT2D eigenvalue weighted by atomic mass is 15.1. The maximum Gasteiger partial charge on any atom is 0.253 e. The monoisotopic (exact) mass is 363 g/mol. The number of unbranched alkanes of at least 4 members (excludes halogenated alkanes) is 14. The predicted octanol–water partition coefficient (Wildman–Crippen LogP) is 7.37. The summed E-state index contributed by atoms with van der Waals surface area (Å²) in [6.07, 6.45) is 27.3. The fraction of sp³-hybridized carbons (Fsp3) is 0.875. The van der Waals surface area contributed by atoms with Crippen molar-refractivity contribution in [3.8, 4) is 0 Å². The van der Waals surface area contributed by atoms with Crippen LogP contribution in [0.2, 0.25) is 0 Å². The minimum atomic E-state index is 1.15. The van der Waals surface area contributed by atoms with Crippen molar-refractivity contribution in [2.24, 2.45) is 0 Å². The number of imidazole rings is 1. The largest absolute Gasteiger partial charge is 0.253 e. The van der Waals surface area contributed by atoms with Gasteiger partial charge in [-0.3, -0.25) is 0 Å². The van der Waals surface area contributed by atoms with Crippen LogP contribution in [0.25, 0.3) is 0 Å². The molecular formula is C24H47N2+. The molecule has 0 saturated heterocycles. The third kappa shape index (κ3) is 11.0. The molecule has 0 N–H and O–H groups in total. The molecule has 1 aromatic rings. The minimum absolute atomic E-state index is 1.15. The first-order valence-corrected chi connectivity index (χ1v) is 11.8. The van der Waals surface area contributed by atoms with Crippen molar-refractivity contribution >= 4 is 0 Å². The second-order valence-electron chi connectivity index (χ2n) is 8.18. The van der Waals surface area contributed by atoms with Crippen LogP contribution in [0.3, 0.4) is 0 Å². The van der Waals surface area contributed by atoms with Gasteiger partial charge in [-0.2, -0.15) is 0 Å². The quantitative estimate of drug-likeness (QED) is 0.190. The number of rotatable bonds is 18. The topological polar surface area (TPSA) is 8.81 Å². The molecule has 1 aromatic heterocycles. The zero-order valence-corrected chi connectivity index (χ0v) is 18.3. The summed E-state index contributed by atoms with van der Waals surface area (Å²) >= 11 is 0. The smallest absolute Gasteiger partial charge is 0.235 e. The third-order valence-electron chi connectivity index (χ3n) is 5.72. The Bertz CT molecular complexity index is 422. The van der Waals surface area contributed by atoms with E-state index < -0.39 is 0 Å². The molecular weight excluding hydrogens is 316 g/mol. The minimum Gasteiger partial charge on any atom is -0.235 e. The Hall–Kier alpha value is -0.790. The lowest BCUT2D eigenvalue weighted by Crippen LogP contribution is -2.35. The molecule has 0 aliphatic rings. The Labute approximate surface area is 164 Å². The first-order chi connectivity index (χ1) is 12.8. The average molecular weight is 364 g/mol. The van der Waals surface area contributed by atoms with Gasteiger partial charge < -0.3 is 0 Å². The summed E-state index contributed by atoms with van der Waals surface area (Å²) in [7, 11) is 0. The van der Waals surface area contributed by atoms with Crippen molar-refractivity contribution < 1.29 is 4.57 Å².